The van der Waals surface area contributed by atoms with E-state index >= 15 is 0 Å². The predicted octanol–water partition coefficient (Wildman–Crippen LogP) is 2.56. The highest BCUT2D eigenvalue weighted by Gasteiger charge is 2.16. The molecule has 0 bridgehead atoms. The van der Waals surface area contributed by atoms with Gasteiger partial charge in [-0.1, -0.05) is 38.2 Å². The SMILES string of the molecule is CC/C=C\CC(=O)NC[N+](C)(C)C/C=C/C[N+](C)(C)CNC(=O)C/C=C\CC. The van der Waals surface area contributed by atoms with Gasteiger partial charge < -0.3 is 19.6 Å². The minimum atomic E-state index is 0.0576. The van der Waals surface area contributed by atoms with Crippen LogP contribution in [0.5, 0.6) is 0 Å². The minimum Gasteiger partial charge on any atom is -0.309 e. The molecule has 0 atom stereocenters. The number of quaternary nitrogens is 2. The molecule has 0 fully saturated rings. The van der Waals surface area contributed by atoms with Gasteiger partial charge in [-0.15, -0.1) is 0 Å². The second-order valence-electron chi connectivity index (χ2n) is 8.39. The summed E-state index contributed by atoms with van der Waals surface area (Å²) in [6.07, 6.45) is 14.9. The maximum atomic E-state index is 11.8. The van der Waals surface area contributed by atoms with E-state index in [0.29, 0.717) is 35.1 Å². The molecule has 2 N–H and O–H groups in total. The molecule has 0 radical (unpaired) electrons. The van der Waals surface area contributed by atoms with Crippen molar-refractivity contribution in [3.8, 4) is 0 Å². The summed E-state index contributed by atoms with van der Waals surface area (Å²) in [7, 11) is 8.38. The van der Waals surface area contributed by atoms with Gasteiger partial charge in [0.2, 0.25) is 11.8 Å². The van der Waals surface area contributed by atoms with Crippen LogP contribution in [0.15, 0.2) is 36.5 Å². The van der Waals surface area contributed by atoms with Crippen LogP contribution in [0.25, 0.3) is 0 Å². The average Bonchev–Trinajstić information content (AvgIpc) is 2.63. The fourth-order valence-electron chi connectivity index (χ4n) is 2.31. The van der Waals surface area contributed by atoms with Gasteiger partial charge >= 0.3 is 0 Å². The Morgan fingerprint density at radius 2 is 1.00 bits per heavy atom. The molecule has 0 heterocycles. The lowest BCUT2D eigenvalue weighted by Gasteiger charge is -2.30. The Labute approximate surface area is 172 Å². The van der Waals surface area contributed by atoms with E-state index in [4.69, 9.17) is 0 Å². The molecule has 0 aliphatic rings. The van der Waals surface area contributed by atoms with E-state index in [0.717, 1.165) is 25.9 Å². The number of hydrogen-bond acceptors (Lipinski definition) is 2. The van der Waals surface area contributed by atoms with Gasteiger partial charge in [0.15, 0.2) is 13.3 Å². The summed E-state index contributed by atoms with van der Waals surface area (Å²) < 4.78 is 1.38. The van der Waals surface area contributed by atoms with Crippen molar-refractivity contribution in [2.45, 2.75) is 39.5 Å². The monoisotopic (exact) mass is 394 g/mol. The maximum Gasteiger partial charge on any atom is 0.228 e. The highest BCUT2D eigenvalue weighted by molar-refractivity contribution is 5.77. The lowest BCUT2D eigenvalue weighted by Crippen LogP contribution is -2.49. The van der Waals surface area contributed by atoms with Crippen molar-refractivity contribution in [1.82, 2.24) is 10.6 Å². The number of hydrogen-bond donors (Lipinski definition) is 2. The third-order valence-corrected chi connectivity index (χ3v) is 4.19. The van der Waals surface area contributed by atoms with Gasteiger partial charge in [0.25, 0.3) is 0 Å². The number of carbonyl (C=O) groups excluding carboxylic acids is 2. The van der Waals surface area contributed by atoms with Gasteiger partial charge in [0, 0.05) is 12.8 Å². The van der Waals surface area contributed by atoms with Crippen molar-refractivity contribution in [3.05, 3.63) is 36.5 Å². The van der Waals surface area contributed by atoms with Gasteiger partial charge in [-0.25, -0.2) is 0 Å². The zero-order valence-corrected chi connectivity index (χ0v) is 18.8. The molecule has 0 aromatic rings. The molecule has 0 saturated carbocycles. The van der Waals surface area contributed by atoms with Crippen LogP contribution in [0.1, 0.15) is 39.5 Å². The van der Waals surface area contributed by atoms with Crippen LogP contribution in [0.2, 0.25) is 0 Å². The van der Waals surface area contributed by atoms with Crippen LogP contribution in [-0.4, -0.2) is 75.4 Å². The summed E-state index contributed by atoms with van der Waals surface area (Å²) in [6.45, 7) is 6.98. The van der Waals surface area contributed by atoms with Crippen LogP contribution in [-0.2, 0) is 9.59 Å². The number of allylic oxidation sites excluding steroid dienone is 2. The average molecular weight is 395 g/mol. The van der Waals surface area contributed by atoms with E-state index in [-0.39, 0.29) is 11.8 Å². The molecule has 0 saturated heterocycles. The first-order valence-corrected chi connectivity index (χ1v) is 10.2. The first-order chi connectivity index (χ1) is 13.1. The quantitative estimate of drug-likeness (QED) is 0.270. The molecule has 0 rings (SSSR count). The molecule has 160 valence electrons. The smallest absolute Gasteiger partial charge is 0.228 e. The molecule has 0 unspecified atom stereocenters. The van der Waals surface area contributed by atoms with E-state index < -0.39 is 0 Å². The first-order valence-electron chi connectivity index (χ1n) is 10.2. The molecule has 0 spiro atoms. The molecular formula is C22H42N4O2+2. The number of carbonyl (C=O) groups is 2. The summed E-state index contributed by atoms with van der Waals surface area (Å²) in [6, 6.07) is 0. The Hall–Kier alpha value is -1.92. The highest BCUT2D eigenvalue weighted by atomic mass is 16.2. The standard InChI is InChI=1S/C22H40N4O2/c1-7-9-11-15-21(27)23-19-25(3,4)17-13-14-18-26(5,6)20-24-22(28)16-12-10-8-2/h9-14H,7-8,15-20H2,1-6H3/p+2/b11-9-,12-10-,14-13+. The van der Waals surface area contributed by atoms with Gasteiger partial charge in [0.05, 0.1) is 41.3 Å². The van der Waals surface area contributed by atoms with Gasteiger partial charge in [-0.05, 0) is 25.0 Å². The molecule has 0 aliphatic carbocycles. The van der Waals surface area contributed by atoms with E-state index in [1.165, 1.54) is 0 Å². The van der Waals surface area contributed by atoms with Crippen molar-refractivity contribution in [2.24, 2.45) is 0 Å². The minimum absolute atomic E-state index is 0.0576. The van der Waals surface area contributed by atoms with Crippen molar-refractivity contribution in [3.63, 3.8) is 0 Å². The Morgan fingerprint density at radius 3 is 1.32 bits per heavy atom. The molecule has 0 aromatic carbocycles. The number of amides is 2. The lowest BCUT2D eigenvalue weighted by atomic mass is 10.3. The second-order valence-corrected chi connectivity index (χ2v) is 8.39. The fourth-order valence-corrected chi connectivity index (χ4v) is 2.31. The van der Waals surface area contributed by atoms with Crippen molar-refractivity contribution in [1.29, 1.82) is 0 Å². The molecule has 28 heavy (non-hydrogen) atoms. The van der Waals surface area contributed by atoms with Gasteiger partial charge in [0.1, 0.15) is 0 Å². The molecule has 6 nitrogen and oxygen atoms in total. The summed E-state index contributed by atoms with van der Waals surface area (Å²) in [5.74, 6) is 0.115. The van der Waals surface area contributed by atoms with Gasteiger partial charge in [-0.2, -0.15) is 0 Å². The Bertz CT molecular complexity index is 501. The molecule has 0 aromatic heterocycles. The first kappa shape index (κ1) is 26.1. The summed E-state index contributed by atoms with van der Waals surface area (Å²) in [5.41, 5.74) is 0. The van der Waals surface area contributed by atoms with Crippen LogP contribution in [0.4, 0.5) is 0 Å². The fraction of sp³-hybridized carbons (Fsp3) is 0.636. The van der Waals surface area contributed by atoms with Crippen molar-refractivity contribution in [2.75, 3.05) is 54.6 Å². The zero-order valence-electron chi connectivity index (χ0n) is 18.8. The molecule has 0 aliphatic heterocycles. The maximum absolute atomic E-state index is 11.8. The summed E-state index contributed by atoms with van der Waals surface area (Å²) in [4.78, 5) is 23.6. The number of nitrogens with zero attached hydrogens (tertiary/aromatic N) is 2. The van der Waals surface area contributed by atoms with E-state index in [2.05, 4.69) is 64.8 Å². The Kier molecular flexibility index (Phi) is 13.2. The van der Waals surface area contributed by atoms with Crippen molar-refractivity contribution >= 4 is 11.8 Å². The Balaban J connectivity index is 4.20. The zero-order chi connectivity index (χ0) is 21.5. The van der Waals surface area contributed by atoms with E-state index in [1.807, 2.05) is 24.3 Å². The normalized spacial score (nSPS) is 12.9. The highest BCUT2D eigenvalue weighted by Crippen LogP contribution is 1.99. The van der Waals surface area contributed by atoms with Crippen LogP contribution in [0.3, 0.4) is 0 Å². The van der Waals surface area contributed by atoms with Gasteiger partial charge in [-0.3, -0.25) is 9.59 Å². The lowest BCUT2D eigenvalue weighted by molar-refractivity contribution is -0.888. The molecule has 2 amide bonds. The Morgan fingerprint density at radius 1 is 0.643 bits per heavy atom. The van der Waals surface area contributed by atoms with E-state index in [1.54, 1.807) is 0 Å². The topological polar surface area (TPSA) is 58.2 Å². The summed E-state index contributed by atoms with van der Waals surface area (Å²) in [5, 5.41) is 5.97. The van der Waals surface area contributed by atoms with Crippen LogP contribution in [0, 0.1) is 0 Å². The van der Waals surface area contributed by atoms with Crippen molar-refractivity contribution < 1.29 is 18.6 Å². The van der Waals surface area contributed by atoms with Crippen LogP contribution >= 0.6 is 0 Å². The summed E-state index contributed by atoms with van der Waals surface area (Å²) >= 11 is 0. The van der Waals surface area contributed by atoms with Crippen LogP contribution < -0.4 is 10.6 Å². The van der Waals surface area contributed by atoms with E-state index in [9.17, 15) is 9.59 Å². The largest absolute Gasteiger partial charge is 0.309 e. The third-order valence-electron chi connectivity index (χ3n) is 4.19. The predicted molar refractivity (Wildman–Crippen MR) is 117 cm³/mol. The number of nitrogens with one attached hydrogen (secondary N) is 2. The molecular weight excluding hydrogens is 352 g/mol. The number of rotatable bonds is 14. The second kappa shape index (κ2) is 14.1. The molecule has 6 heteroatoms. The number of likely N-dealkylation sites (N-methyl/N-ethyl adjacent to an activating group) is 2. The third kappa shape index (κ3) is 15.2.